The number of ether oxygens (including phenoxy) is 1. The summed E-state index contributed by atoms with van der Waals surface area (Å²) in [6.45, 7) is 5.43. The minimum atomic E-state index is -3.86. The zero-order chi connectivity index (χ0) is 23.9. The second kappa shape index (κ2) is 11.1. The first-order valence-corrected chi connectivity index (χ1v) is 11.8. The van der Waals surface area contributed by atoms with Gasteiger partial charge < -0.3 is 15.0 Å². The molecule has 0 heterocycles. The molecule has 2 aromatic rings. The highest BCUT2D eigenvalue weighted by Crippen LogP contribution is 2.18. The Balaban J connectivity index is 2.27. The molecule has 8 nitrogen and oxygen atoms in total. The van der Waals surface area contributed by atoms with E-state index in [9.17, 15) is 18.0 Å². The number of benzene rings is 2. The number of amides is 2. The Morgan fingerprint density at radius 2 is 1.78 bits per heavy atom. The highest BCUT2D eigenvalue weighted by molar-refractivity contribution is 7.89. The van der Waals surface area contributed by atoms with Crippen LogP contribution >= 0.6 is 0 Å². The summed E-state index contributed by atoms with van der Waals surface area (Å²) in [5.41, 5.74) is 1.70. The third-order valence-corrected chi connectivity index (χ3v) is 6.91. The zero-order valence-electron chi connectivity index (χ0n) is 19.2. The van der Waals surface area contributed by atoms with Crippen LogP contribution in [-0.4, -0.2) is 62.7 Å². The fraction of sp³-hybridized carbons (Fsp3) is 0.391. The number of nitrogens with zero attached hydrogens (tertiary/aromatic N) is 2. The molecule has 9 heteroatoms. The molecule has 0 spiro atoms. The molecular weight excluding hydrogens is 430 g/mol. The van der Waals surface area contributed by atoms with Gasteiger partial charge >= 0.3 is 0 Å². The van der Waals surface area contributed by atoms with E-state index in [1.807, 2.05) is 13.0 Å². The van der Waals surface area contributed by atoms with Crippen LogP contribution in [0.3, 0.4) is 0 Å². The molecule has 0 saturated heterocycles. The van der Waals surface area contributed by atoms with Gasteiger partial charge in [-0.1, -0.05) is 29.8 Å². The highest BCUT2D eigenvalue weighted by Gasteiger charge is 2.30. The van der Waals surface area contributed by atoms with E-state index in [4.69, 9.17) is 4.74 Å². The number of sulfonamides is 1. The van der Waals surface area contributed by atoms with E-state index in [-0.39, 0.29) is 17.3 Å². The van der Waals surface area contributed by atoms with Crippen molar-refractivity contribution in [2.24, 2.45) is 0 Å². The van der Waals surface area contributed by atoms with Gasteiger partial charge in [-0.15, -0.1) is 0 Å². The Labute approximate surface area is 190 Å². The van der Waals surface area contributed by atoms with Crippen molar-refractivity contribution < 1.29 is 22.7 Å². The molecule has 1 N–H and O–H groups in total. The van der Waals surface area contributed by atoms with Crippen molar-refractivity contribution in [2.75, 3.05) is 27.2 Å². The number of hydrogen-bond donors (Lipinski definition) is 1. The van der Waals surface area contributed by atoms with Crippen LogP contribution in [0.5, 0.6) is 5.75 Å². The molecule has 0 aliphatic heterocycles. The molecule has 2 aromatic carbocycles. The number of nitrogens with one attached hydrogen (secondary N) is 1. The highest BCUT2D eigenvalue weighted by atomic mass is 32.2. The predicted octanol–water partition coefficient (Wildman–Crippen LogP) is 2.18. The maximum absolute atomic E-state index is 13.2. The number of aryl methyl sites for hydroxylation is 1. The van der Waals surface area contributed by atoms with Gasteiger partial charge in [0, 0.05) is 20.1 Å². The number of carbonyl (C=O) groups excluding carboxylic acids is 2. The summed E-state index contributed by atoms with van der Waals surface area (Å²) in [4.78, 5) is 27.2. The normalized spacial score (nSPS) is 12.3. The van der Waals surface area contributed by atoms with Crippen molar-refractivity contribution >= 4 is 21.8 Å². The van der Waals surface area contributed by atoms with Crippen LogP contribution in [0, 0.1) is 6.92 Å². The molecule has 0 unspecified atom stereocenters. The molecule has 0 aromatic heterocycles. The first kappa shape index (κ1) is 25.4. The van der Waals surface area contributed by atoms with Crippen molar-refractivity contribution in [2.45, 2.75) is 38.3 Å². The topological polar surface area (TPSA) is 96.0 Å². The predicted molar refractivity (Wildman–Crippen MR) is 123 cm³/mol. The fourth-order valence-corrected chi connectivity index (χ4v) is 4.25. The summed E-state index contributed by atoms with van der Waals surface area (Å²) >= 11 is 0. The average Bonchev–Trinajstić information content (AvgIpc) is 2.77. The van der Waals surface area contributed by atoms with E-state index in [0.29, 0.717) is 12.3 Å². The lowest BCUT2D eigenvalue weighted by molar-refractivity contribution is -0.140. The van der Waals surface area contributed by atoms with Gasteiger partial charge in [0.1, 0.15) is 11.8 Å². The summed E-state index contributed by atoms with van der Waals surface area (Å²) in [7, 11) is -0.958. The SMILES string of the molecule is CCNC(=O)[C@H](C)N(Cc1cccc(OC)c1)C(=O)CN(C)S(=O)(=O)c1ccc(C)cc1. The van der Waals surface area contributed by atoms with Gasteiger partial charge in [-0.2, -0.15) is 4.31 Å². The molecule has 0 aliphatic rings. The Kier molecular flexibility index (Phi) is 8.80. The molecule has 0 radical (unpaired) electrons. The first-order valence-electron chi connectivity index (χ1n) is 10.3. The Morgan fingerprint density at radius 1 is 1.12 bits per heavy atom. The third-order valence-electron chi connectivity index (χ3n) is 5.09. The molecule has 1 atom stereocenters. The van der Waals surface area contributed by atoms with Crippen LogP contribution in [0.2, 0.25) is 0 Å². The zero-order valence-corrected chi connectivity index (χ0v) is 20.0. The van der Waals surface area contributed by atoms with Gasteiger partial charge in [-0.25, -0.2) is 8.42 Å². The minimum Gasteiger partial charge on any atom is -0.497 e. The molecule has 32 heavy (non-hydrogen) atoms. The quantitative estimate of drug-likeness (QED) is 0.585. The number of carbonyl (C=O) groups is 2. The Morgan fingerprint density at radius 3 is 2.38 bits per heavy atom. The molecular formula is C23H31N3O5S. The molecule has 2 rings (SSSR count). The maximum Gasteiger partial charge on any atom is 0.243 e. The first-order chi connectivity index (χ1) is 15.1. The van der Waals surface area contributed by atoms with Crippen molar-refractivity contribution in [3.63, 3.8) is 0 Å². The van der Waals surface area contributed by atoms with Crippen molar-refractivity contribution in [3.05, 3.63) is 59.7 Å². The second-order valence-electron chi connectivity index (χ2n) is 7.52. The van der Waals surface area contributed by atoms with Crippen LogP contribution in [-0.2, 0) is 26.2 Å². The monoisotopic (exact) mass is 461 g/mol. The van der Waals surface area contributed by atoms with Crippen LogP contribution in [0.4, 0.5) is 0 Å². The number of likely N-dealkylation sites (N-methyl/N-ethyl adjacent to an activating group) is 2. The van der Waals surface area contributed by atoms with Gasteiger partial charge in [0.2, 0.25) is 21.8 Å². The van der Waals surface area contributed by atoms with Crippen LogP contribution < -0.4 is 10.1 Å². The fourth-order valence-electron chi connectivity index (χ4n) is 3.13. The Bertz CT molecular complexity index is 1040. The lowest BCUT2D eigenvalue weighted by atomic mass is 10.1. The summed E-state index contributed by atoms with van der Waals surface area (Å²) in [5.74, 6) is -0.169. The van der Waals surface area contributed by atoms with E-state index in [1.165, 1.54) is 24.1 Å². The number of rotatable bonds is 10. The molecule has 0 fully saturated rings. The van der Waals surface area contributed by atoms with Crippen molar-refractivity contribution in [3.8, 4) is 5.75 Å². The summed E-state index contributed by atoms with van der Waals surface area (Å²) in [6, 6.07) is 12.8. The van der Waals surface area contributed by atoms with Crippen LogP contribution in [0.25, 0.3) is 0 Å². The average molecular weight is 462 g/mol. The smallest absolute Gasteiger partial charge is 0.243 e. The van der Waals surface area contributed by atoms with E-state index in [0.717, 1.165) is 15.4 Å². The summed E-state index contributed by atoms with van der Waals surface area (Å²) in [6.07, 6.45) is 0. The standard InChI is InChI=1S/C23H31N3O5S/c1-6-24-23(28)18(3)26(15-19-8-7-9-20(14-19)31-5)22(27)16-25(4)32(29,30)21-12-10-17(2)11-13-21/h7-14,18H,6,15-16H2,1-5H3,(H,24,28)/t18-/m0/s1. The molecule has 174 valence electrons. The maximum atomic E-state index is 13.2. The largest absolute Gasteiger partial charge is 0.497 e. The van der Waals surface area contributed by atoms with Crippen LogP contribution in [0.1, 0.15) is 25.0 Å². The van der Waals surface area contributed by atoms with Gasteiger partial charge in [0.15, 0.2) is 0 Å². The number of methoxy groups -OCH3 is 1. The molecule has 0 aliphatic carbocycles. The molecule has 0 bridgehead atoms. The van der Waals surface area contributed by atoms with Crippen LogP contribution in [0.15, 0.2) is 53.4 Å². The Hall–Kier alpha value is -2.91. The van der Waals surface area contributed by atoms with Gasteiger partial charge in [-0.3, -0.25) is 9.59 Å². The van der Waals surface area contributed by atoms with E-state index in [2.05, 4.69) is 5.32 Å². The lowest BCUT2D eigenvalue weighted by Gasteiger charge is -2.30. The van der Waals surface area contributed by atoms with E-state index in [1.54, 1.807) is 51.3 Å². The minimum absolute atomic E-state index is 0.106. The van der Waals surface area contributed by atoms with E-state index >= 15 is 0 Å². The third kappa shape index (κ3) is 6.30. The van der Waals surface area contributed by atoms with Gasteiger partial charge in [0.05, 0.1) is 18.6 Å². The van der Waals surface area contributed by atoms with Crippen molar-refractivity contribution in [1.29, 1.82) is 0 Å². The van der Waals surface area contributed by atoms with Gasteiger partial charge in [-0.05, 0) is 50.6 Å². The lowest BCUT2D eigenvalue weighted by Crippen LogP contribution is -2.50. The number of hydrogen-bond acceptors (Lipinski definition) is 5. The molecule has 2 amide bonds. The van der Waals surface area contributed by atoms with Gasteiger partial charge in [0.25, 0.3) is 0 Å². The second-order valence-corrected chi connectivity index (χ2v) is 9.56. The summed E-state index contributed by atoms with van der Waals surface area (Å²) in [5, 5.41) is 2.71. The van der Waals surface area contributed by atoms with Crippen molar-refractivity contribution in [1.82, 2.24) is 14.5 Å². The summed E-state index contributed by atoms with van der Waals surface area (Å²) < 4.78 is 32.1. The van der Waals surface area contributed by atoms with E-state index < -0.39 is 28.5 Å². The molecule has 0 saturated carbocycles.